The lowest BCUT2D eigenvalue weighted by Crippen LogP contribution is -2.10. The second-order valence-corrected chi connectivity index (χ2v) is 6.38. The lowest BCUT2D eigenvalue weighted by molar-refractivity contribution is -0.145. The summed E-state index contributed by atoms with van der Waals surface area (Å²) in [5.41, 5.74) is 0.752. The van der Waals surface area contributed by atoms with Crippen LogP contribution in [0.15, 0.2) is 63.8 Å². The van der Waals surface area contributed by atoms with E-state index < -0.39 is 5.63 Å². The highest BCUT2D eigenvalue weighted by molar-refractivity contribution is 6.07. The molecule has 1 heterocycles. The van der Waals surface area contributed by atoms with Gasteiger partial charge in [0.15, 0.2) is 0 Å². The minimum absolute atomic E-state index is 0.0748. The van der Waals surface area contributed by atoms with Crippen LogP contribution in [-0.2, 0) is 16.1 Å². The van der Waals surface area contributed by atoms with E-state index in [4.69, 9.17) is 9.15 Å². The van der Waals surface area contributed by atoms with E-state index in [1.807, 2.05) is 30.3 Å². The van der Waals surface area contributed by atoms with Crippen LogP contribution < -0.4 is 5.63 Å². The van der Waals surface area contributed by atoms with Crippen LogP contribution >= 0.6 is 0 Å². The van der Waals surface area contributed by atoms with Crippen molar-refractivity contribution < 1.29 is 13.9 Å². The SMILES string of the molecule is O=C(C[C@H]1C=CCC1)OCc1cc(=O)oc2ccc3ccccc3c12. The number of benzene rings is 2. The number of esters is 1. The monoisotopic (exact) mass is 334 g/mol. The van der Waals surface area contributed by atoms with Crippen molar-refractivity contribution >= 4 is 27.7 Å². The molecular weight excluding hydrogens is 316 g/mol. The predicted octanol–water partition coefficient (Wildman–Crippen LogP) is 4.35. The smallest absolute Gasteiger partial charge is 0.336 e. The molecule has 4 rings (SSSR count). The number of allylic oxidation sites excluding steroid dienone is 2. The summed E-state index contributed by atoms with van der Waals surface area (Å²) in [6.07, 6.45) is 6.57. The first-order valence-electron chi connectivity index (χ1n) is 8.47. The van der Waals surface area contributed by atoms with Gasteiger partial charge in [0.1, 0.15) is 12.2 Å². The second kappa shape index (κ2) is 6.55. The largest absolute Gasteiger partial charge is 0.461 e. The van der Waals surface area contributed by atoms with Crippen molar-refractivity contribution in [2.75, 3.05) is 0 Å². The number of rotatable bonds is 4. The third-order valence-electron chi connectivity index (χ3n) is 4.64. The van der Waals surface area contributed by atoms with Gasteiger partial charge in [-0.25, -0.2) is 4.79 Å². The third-order valence-corrected chi connectivity index (χ3v) is 4.64. The van der Waals surface area contributed by atoms with Gasteiger partial charge in [0.2, 0.25) is 0 Å². The zero-order valence-corrected chi connectivity index (χ0v) is 13.7. The number of carbonyl (C=O) groups is 1. The van der Waals surface area contributed by atoms with Crippen molar-refractivity contribution in [3.63, 3.8) is 0 Å². The normalized spacial score (nSPS) is 16.6. The van der Waals surface area contributed by atoms with Gasteiger partial charge in [0.05, 0.1) is 6.42 Å². The molecule has 1 aliphatic carbocycles. The van der Waals surface area contributed by atoms with Crippen LogP contribution in [0.3, 0.4) is 0 Å². The molecule has 126 valence electrons. The quantitative estimate of drug-likeness (QED) is 0.308. The molecule has 0 spiro atoms. The molecule has 25 heavy (non-hydrogen) atoms. The molecule has 0 fully saturated rings. The number of hydrogen-bond donors (Lipinski definition) is 0. The minimum Gasteiger partial charge on any atom is -0.461 e. The summed E-state index contributed by atoms with van der Waals surface area (Å²) >= 11 is 0. The molecule has 4 heteroatoms. The molecule has 0 saturated heterocycles. The predicted molar refractivity (Wildman–Crippen MR) is 96.3 cm³/mol. The Bertz CT molecular complexity index is 1030. The molecule has 4 nitrogen and oxygen atoms in total. The first-order chi connectivity index (χ1) is 12.2. The Labute approximate surface area is 144 Å². The highest BCUT2D eigenvalue weighted by atomic mass is 16.5. The Hall–Kier alpha value is -2.88. The van der Waals surface area contributed by atoms with Crippen LogP contribution in [0.4, 0.5) is 0 Å². The Morgan fingerprint density at radius 2 is 2.08 bits per heavy atom. The highest BCUT2D eigenvalue weighted by Gasteiger charge is 2.16. The zero-order valence-electron chi connectivity index (χ0n) is 13.7. The lowest BCUT2D eigenvalue weighted by Gasteiger charge is -2.11. The van der Waals surface area contributed by atoms with Gasteiger partial charge in [-0.2, -0.15) is 0 Å². The van der Waals surface area contributed by atoms with E-state index in [9.17, 15) is 9.59 Å². The molecule has 0 N–H and O–H groups in total. The van der Waals surface area contributed by atoms with Crippen LogP contribution in [-0.4, -0.2) is 5.97 Å². The fourth-order valence-corrected chi connectivity index (χ4v) is 3.43. The van der Waals surface area contributed by atoms with Gasteiger partial charge in [-0.15, -0.1) is 0 Å². The van der Waals surface area contributed by atoms with Crippen LogP contribution in [0.2, 0.25) is 0 Å². The Morgan fingerprint density at radius 3 is 2.92 bits per heavy atom. The van der Waals surface area contributed by atoms with E-state index in [0.717, 1.165) is 29.0 Å². The summed E-state index contributed by atoms with van der Waals surface area (Å²) in [6, 6.07) is 13.0. The molecular formula is C21H18O4. The maximum Gasteiger partial charge on any atom is 0.336 e. The number of ether oxygens (including phenoxy) is 1. The lowest BCUT2D eigenvalue weighted by atomic mass is 10.0. The molecule has 0 unspecified atom stereocenters. The Kier molecular flexibility index (Phi) is 4.10. The zero-order chi connectivity index (χ0) is 17.2. The van der Waals surface area contributed by atoms with Gasteiger partial charge in [-0.3, -0.25) is 4.79 Å². The van der Waals surface area contributed by atoms with E-state index in [1.54, 1.807) is 6.07 Å². The highest BCUT2D eigenvalue weighted by Crippen LogP contribution is 2.28. The average Bonchev–Trinajstić information content (AvgIpc) is 3.12. The number of carbonyl (C=O) groups excluding carboxylic acids is 1. The number of fused-ring (bicyclic) bond motifs is 3. The molecule has 0 bridgehead atoms. The molecule has 2 aromatic carbocycles. The van der Waals surface area contributed by atoms with E-state index >= 15 is 0 Å². The van der Waals surface area contributed by atoms with Gasteiger partial charge in [-0.1, -0.05) is 42.5 Å². The molecule has 3 aromatic rings. The maximum absolute atomic E-state index is 12.1. The van der Waals surface area contributed by atoms with Gasteiger partial charge in [0, 0.05) is 17.0 Å². The minimum atomic E-state index is -0.437. The topological polar surface area (TPSA) is 56.5 Å². The third kappa shape index (κ3) is 3.20. The fourth-order valence-electron chi connectivity index (χ4n) is 3.43. The molecule has 1 aromatic heterocycles. The van der Waals surface area contributed by atoms with Gasteiger partial charge in [-0.05, 0) is 35.6 Å². The summed E-state index contributed by atoms with van der Waals surface area (Å²) in [7, 11) is 0. The van der Waals surface area contributed by atoms with Gasteiger partial charge >= 0.3 is 11.6 Å². The van der Waals surface area contributed by atoms with Crippen molar-refractivity contribution in [3.05, 3.63) is 70.6 Å². The summed E-state index contributed by atoms with van der Waals surface area (Å²) in [4.78, 5) is 23.9. The summed E-state index contributed by atoms with van der Waals surface area (Å²) in [5.74, 6) is 0.0316. The molecule has 0 aliphatic heterocycles. The van der Waals surface area contributed by atoms with Crippen molar-refractivity contribution in [1.29, 1.82) is 0 Å². The van der Waals surface area contributed by atoms with Crippen molar-refractivity contribution in [1.82, 2.24) is 0 Å². The van der Waals surface area contributed by atoms with Crippen molar-refractivity contribution in [2.45, 2.75) is 25.9 Å². The first kappa shape index (κ1) is 15.6. The van der Waals surface area contributed by atoms with Crippen molar-refractivity contribution in [2.24, 2.45) is 5.92 Å². The first-order valence-corrected chi connectivity index (χ1v) is 8.47. The Morgan fingerprint density at radius 1 is 1.20 bits per heavy atom. The summed E-state index contributed by atoms with van der Waals surface area (Å²) < 4.78 is 10.8. The molecule has 0 saturated carbocycles. The second-order valence-electron chi connectivity index (χ2n) is 6.38. The van der Waals surface area contributed by atoms with E-state index in [0.29, 0.717) is 17.6 Å². The van der Waals surface area contributed by atoms with Crippen LogP contribution in [0.1, 0.15) is 24.8 Å². The Balaban J connectivity index is 1.66. The summed E-state index contributed by atoms with van der Waals surface area (Å²) in [5, 5.41) is 2.85. The van der Waals surface area contributed by atoms with Crippen LogP contribution in [0.5, 0.6) is 0 Å². The molecule has 1 atom stereocenters. The van der Waals surface area contributed by atoms with Gasteiger partial charge < -0.3 is 9.15 Å². The van der Waals surface area contributed by atoms with E-state index in [-0.39, 0.29) is 18.5 Å². The van der Waals surface area contributed by atoms with Crippen molar-refractivity contribution in [3.8, 4) is 0 Å². The van der Waals surface area contributed by atoms with Crippen LogP contribution in [0.25, 0.3) is 21.7 Å². The summed E-state index contributed by atoms with van der Waals surface area (Å²) in [6.45, 7) is 0.0748. The standard InChI is InChI=1S/C21H18O4/c22-19(11-14-5-1-2-6-14)24-13-16-12-20(23)25-18-10-9-15-7-3-4-8-17(15)21(16)18/h1,3-5,7-10,12,14H,2,6,11,13H2/t14-/m0/s1. The maximum atomic E-state index is 12.1. The molecule has 0 radical (unpaired) electrons. The molecule has 0 amide bonds. The van der Waals surface area contributed by atoms with E-state index in [1.165, 1.54) is 6.07 Å². The molecule has 1 aliphatic rings. The van der Waals surface area contributed by atoms with E-state index in [2.05, 4.69) is 12.2 Å². The fraction of sp³-hybridized carbons (Fsp3) is 0.238. The average molecular weight is 334 g/mol. The number of hydrogen-bond acceptors (Lipinski definition) is 4. The van der Waals surface area contributed by atoms with Gasteiger partial charge in [0.25, 0.3) is 0 Å². The van der Waals surface area contributed by atoms with Crippen LogP contribution in [0, 0.1) is 5.92 Å².